The highest BCUT2D eigenvalue weighted by Crippen LogP contribution is 2.35. The minimum atomic E-state index is -0.566. The van der Waals surface area contributed by atoms with Gasteiger partial charge in [0.1, 0.15) is 0 Å². The largest absolute Gasteiger partial charge is 0.352 e. The van der Waals surface area contributed by atoms with Gasteiger partial charge in [0.2, 0.25) is 0 Å². The number of benzene rings is 2. The number of halogens is 1. The Labute approximate surface area is 177 Å². The van der Waals surface area contributed by atoms with Crippen molar-refractivity contribution in [3.63, 3.8) is 0 Å². The first-order valence-corrected chi connectivity index (χ1v) is 10.7. The zero-order valence-electron chi connectivity index (χ0n) is 15.7. The van der Waals surface area contributed by atoms with E-state index in [0.29, 0.717) is 36.1 Å². The van der Waals surface area contributed by atoms with Crippen molar-refractivity contribution in [3.05, 3.63) is 63.6 Å². The second-order valence-corrected chi connectivity index (χ2v) is 8.64. The van der Waals surface area contributed by atoms with Crippen LogP contribution in [0.2, 0.25) is 5.02 Å². The van der Waals surface area contributed by atoms with Crippen LogP contribution in [0.4, 0.5) is 4.79 Å². The maximum Gasteiger partial charge on any atom is 0.312 e. The summed E-state index contributed by atoms with van der Waals surface area (Å²) in [6, 6.07) is 12.5. The monoisotopic (exact) mass is 428 g/mol. The summed E-state index contributed by atoms with van der Waals surface area (Å²) in [5, 5.41) is 4.36. The van der Waals surface area contributed by atoms with Crippen molar-refractivity contribution < 1.29 is 9.59 Å². The number of hydrogen-bond acceptors (Lipinski definition) is 4. The predicted molar refractivity (Wildman–Crippen MR) is 115 cm³/mol. The van der Waals surface area contributed by atoms with Crippen LogP contribution in [0.1, 0.15) is 39.7 Å². The lowest BCUT2D eigenvalue weighted by molar-refractivity contribution is 0.0713. The summed E-state index contributed by atoms with van der Waals surface area (Å²) in [6.07, 6.45) is 1.81. The number of carbonyl (C=O) groups excluding carboxylic acids is 2. The molecular formula is C21H21ClN4O2S. The fraction of sp³-hybridized carbons (Fsp3) is 0.286. The smallest absolute Gasteiger partial charge is 0.312 e. The topological polar surface area (TPSA) is 88.3 Å². The van der Waals surface area contributed by atoms with Gasteiger partial charge in [0, 0.05) is 36.1 Å². The van der Waals surface area contributed by atoms with Crippen LogP contribution < -0.4 is 11.1 Å². The lowest BCUT2D eigenvalue weighted by Crippen LogP contribution is -2.37. The molecule has 0 unspecified atom stereocenters. The number of carbonyl (C=O) groups is 2. The van der Waals surface area contributed by atoms with Crippen LogP contribution in [-0.2, 0) is 6.54 Å². The number of amides is 3. The average molecular weight is 429 g/mol. The Morgan fingerprint density at radius 3 is 2.59 bits per heavy atom. The molecule has 1 fully saturated rings. The highest BCUT2D eigenvalue weighted by Gasteiger charge is 2.26. The Morgan fingerprint density at radius 2 is 1.90 bits per heavy atom. The minimum absolute atomic E-state index is 0.0361. The minimum Gasteiger partial charge on any atom is -0.352 e. The molecule has 0 atom stereocenters. The molecule has 0 radical (unpaired) electrons. The number of urea groups is 1. The number of nitrogens with zero attached hydrogens (tertiary/aromatic N) is 2. The molecule has 1 aliphatic heterocycles. The van der Waals surface area contributed by atoms with E-state index in [4.69, 9.17) is 22.3 Å². The number of piperidine rings is 1. The molecule has 0 spiro atoms. The summed E-state index contributed by atoms with van der Waals surface area (Å²) < 4.78 is 1.15. The number of likely N-dealkylation sites (tertiary alicyclic amines) is 1. The fourth-order valence-electron chi connectivity index (χ4n) is 3.56. The maximum atomic E-state index is 12.8. The normalized spacial score (nSPS) is 14.9. The number of fused-ring (bicyclic) bond motifs is 1. The molecule has 3 amide bonds. The van der Waals surface area contributed by atoms with Crippen LogP contribution in [0.25, 0.3) is 10.2 Å². The van der Waals surface area contributed by atoms with Crippen molar-refractivity contribution in [1.82, 2.24) is 15.2 Å². The lowest BCUT2D eigenvalue weighted by atomic mass is 9.97. The van der Waals surface area contributed by atoms with E-state index in [0.717, 1.165) is 33.6 Å². The SMILES string of the molecule is NC(=O)NCc1ccc(C(=O)N2CCC(c3nc4cc(Cl)ccc4s3)CC2)cc1. The molecule has 0 aliphatic carbocycles. The van der Waals surface area contributed by atoms with E-state index in [1.165, 1.54) is 0 Å². The molecule has 2 aromatic carbocycles. The van der Waals surface area contributed by atoms with Gasteiger partial charge in [-0.05, 0) is 48.7 Å². The molecule has 6 nitrogen and oxygen atoms in total. The third kappa shape index (κ3) is 4.52. The maximum absolute atomic E-state index is 12.8. The van der Waals surface area contributed by atoms with Crippen LogP contribution in [0.5, 0.6) is 0 Å². The fourth-order valence-corrected chi connectivity index (χ4v) is 4.84. The molecule has 0 bridgehead atoms. The second kappa shape index (κ2) is 8.39. The number of nitrogens with one attached hydrogen (secondary N) is 1. The van der Waals surface area contributed by atoms with E-state index < -0.39 is 6.03 Å². The third-order valence-corrected chi connectivity index (χ3v) is 6.60. The summed E-state index contributed by atoms with van der Waals surface area (Å²) in [5.41, 5.74) is 7.58. The van der Waals surface area contributed by atoms with Crippen molar-refractivity contribution in [3.8, 4) is 0 Å². The zero-order valence-corrected chi connectivity index (χ0v) is 17.3. The summed E-state index contributed by atoms with van der Waals surface area (Å²) in [4.78, 5) is 30.3. The van der Waals surface area contributed by atoms with Gasteiger partial charge in [-0.1, -0.05) is 23.7 Å². The van der Waals surface area contributed by atoms with Crippen LogP contribution in [0.15, 0.2) is 42.5 Å². The summed E-state index contributed by atoms with van der Waals surface area (Å²) in [6.45, 7) is 1.78. The highest BCUT2D eigenvalue weighted by molar-refractivity contribution is 7.18. The molecule has 3 aromatic rings. The summed E-state index contributed by atoms with van der Waals surface area (Å²) in [7, 11) is 0. The van der Waals surface area contributed by atoms with E-state index in [2.05, 4.69) is 5.32 Å². The van der Waals surface area contributed by atoms with Gasteiger partial charge in [0.25, 0.3) is 5.91 Å². The molecule has 0 saturated carbocycles. The number of primary amides is 1. The standard InChI is InChI=1S/C21H21ClN4O2S/c22-16-5-6-18-17(11-16)25-19(29-18)14-7-9-26(10-8-14)20(27)15-3-1-13(2-4-15)12-24-21(23)28/h1-6,11,14H,7-10,12H2,(H3,23,24,28). The number of aromatic nitrogens is 1. The first kappa shape index (κ1) is 19.7. The second-order valence-electron chi connectivity index (χ2n) is 7.15. The van der Waals surface area contributed by atoms with Gasteiger partial charge in [-0.3, -0.25) is 4.79 Å². The molecule has 2 heterocycles. The first-order valence-electron chi connectivity index (χ1n) is 9.47. The molecule has 150 valence electrons. The van der Waals surface area contributed by atoms with E-state index >= 15 is 0 Å². The van der Waals surface area contributed by atoms with Gasteiger partial charge in [-0.2, -0.15) is 0 Å². The van der Waals surface area contributed by atoms with Crippen LogP contribution in [0.3, 0.4) is 0 Å². The van der Waals surface area contributed by atoms with E-state index in [1.807, 2.05) is 35.2 Å². The lowest BCUT2D eigenvalue weighted by Gasteiger charge is -2.31. The van der Waals surface area contributed by atoms with Crippen molar-refractivity contribution in [2.24, 2.45) is 5.73 Å². The number of hydrogen-bond donors (Lipinski definition) is 2. The van der Waals surface area contributed by atoms with Gasteiger partial charge >= 0.3 is 6.03 Å². The first-order chi connectivity index (χ1) is 14.0. The number of nitrogens with two attached hydrogens (primary N) is 1. The zero-order chi connectivity index (χ0) is 20.4. The summed E-state index contributed by atoms with van der Waals surface area (Å²) >= 11 is 7.78. The highest BCUT2D eigenvalue weighted by atomic mass is 35.5. The molecule has 1 saturated heterocycles. The summed E-state index contributed by atoms with van der Waals surface area (Å²) in [5.74, 6) is 0.409. The Kier molecular flexibility index (Phi) is 5.69. The third-order valence-electron chi connectivity index (χ3n) is 5.17. The Morgan fingerprint density at radius 1 is 1.17 bits per heavy atom. The number of thiazole rings is 1. The molecule has 4 rings (SSSR count). The van der Waals surface area contributed by atoms with Crippen molar-refractivity contribution in [2.45, 2.75) is 25.3 Å². The molecule has 8 heteroatoms. The van der Waals surface area contributed by atoms with Crippen LogP contribution in [-0.4, -0.2) is 34.9 Å². The molecule has 1 aliphatic rings. The van der Waals surface area contributed by atoms with Crippen LogP contribution in [0, 0.1) is 0 Å². The van der Waals surface area contributed by atoms with E-state index in [9.17, 15) is 9.59 Å². The van der Waals surface area contributed by atoms with Gasteiger partial charge in [-0.25, -0.2) is 9.78 Å². The Hall–Kier alpha value is -2.64. The average Bonchev–Trinajstić information content (AvgIpc) is 3.15. The molecule has 29 heavy (non-hydrogen) atoms. The van der Waals surface area contributed by atoms with Gasteiger partial charge in [0.15, 0.2) is 0 Å². The Balaban J connectivity index is 1.37. The van der Waals surface area contributed by atoms with E-state index in [1.54, 1.807) is 23.5 Å². The molecule has 1 aromatic heterocycles. The van der Waals surface area contributed by atoms with Gasteiger partial charge in [0.05, 0.1) is 15.2 Å². The Bertz CT molecular complexity index is 1040. The quantitative estimate of drug-likeness (QED) is 0.654. The van der Waals surface area contributed by atoms with Crippen molar-refractivity contribution in [1.29, 1.82) is 0 Å². The van der Waals surface area contributed by atoms with Crippen LogP contribution >= 0.6 is 22.9 Å². The van der Waals surface area contributed by atoms with Gasteiger partial charge in [-0.15, -0.1) is 11.3 Å². The van der Waals surface area contributed by atoms with Crippen molar-refractivity contribution >= 4 is 45.1 Å². The molecular weight excluding hydrogens is 408 g/mol. The molecule has 3 N–H and O–H groups in total. The number of rotatable bonds is 4. The van der Waals surface area contributed by atoms with Gasteiger partial charge < -0.3 is 16.0 Å². The predicted octanol–water partition coefficient (Wildman–Crippen LogP) is 4.14. The van der Waals surface area contributed by atoms with Crippen molar-refractivity contribution in [2.75, 3.05) is 13.1 Å². The van der Waals surface area contributed by atoms with E-state index in [-0.39, 0.29) is 5.91 Å².